The van der Waals surface area contributed by atoms with Crippen LogP contribution in [0.3, 0.4) is 0 Å². The van der Waals surface area contributed by atoms with Crippen molar-refractivity contribution in [3.05, 3.63) is 114 Å². The quantitative estimate of drug-likeness (QED) is 0.161. The molecule has 3 aliphatic heterocycles. The van der Waals surface area contributed by atoms with Crippen molar-refractivity contribution >= 4 is 48.0 Å². The first-order chi connectivity index (χ1) is 26.6. The molecule has 4 aromatic carbocycles. The summed E-state index contributed by atoms with van der Waals surface area (Å²) in [6.07, 6.45) is 3.83. The summed E-state index contributed by atoms with van der Waals surface area (Å²) in [5.41, 5.74) is 2.34. The first-order valence-corrected chi connectivity index (χ1v) is 22.8. The van der Waals surface area contributed by atoms with Crippen molar-refractivity contribution in [3.8, 4) is 5.75 Å². The lowest BCUT2D eigenvalue weighted by molar-refractivity contribution is -0.149. The number of nitrogens with zero attached hydrogens (tertiary/aromatic N) is 3. The number of methoxy groups -OCH3 is 1. The summed E-state index contributed by atoms with van der Waals surface area (Å²) in [7, 11) is -0.900. The third kappa shape index (κ3) is 7.23. The predicted molar refractivity (Wildman–Crippen MR) is 219 cm³/mol. The van der Waals surface area contributed by atoms with E-state index in [4.69, 9.17) is 9.47 Å². The Kier molecular flexibility index (Phi) is 11.3. The highest BCUT2D eigenvalue weighted by Gasteiger charge is 2.67. The van der Waals surface area contributed by atoms with E-state index in [9.17, 15) is 14.7 Å². The van der Waals surface area contributed by atoms with Gasteiger partial charge in [-0.1, -0.05) is 98.7 Å². The van der Waals surface area contributed by atoms with Gasteiger partial charge in [0.1, 0.15) is 5.75 Å². The van der Waals surface area contributed by atoms with Crippen LogP contribution < -0.4 is 19.7 Å². The smallest absolute Gasteiger partial charge is 0.268 e. The Balaban J connectivity index is 1.36. The monoisotopic (exact) mass is 759 g/mol. The standard InChI is InChI=1S/C45H53N3O6Si/c1-32-43(55(3,4)37-23-21-36(53-2)22-24-37)40(30-42(51)46(27-28-49)31-33-15-9-7-10-16-33)54-45(32)38-29-35(47-26-14-6-5-13-19-41(47)50)20-25-39(38)48(44(45)52)34-17-11-8-12-18-34/h7-12,15-18,20-25,29,32,40,43,49H,5-6,13-14,19,26-28,30-31H2,1-4H3/t32-,40+,43-,45+/m0/s1. The SMILES string of the molecule is COc1ccc([Si](C)(C)[C@@H]2[C@@H](CC(=O)N(CCO)Cc3ccccc3)O[C@]3(C(=O)N(c4ccccc4)c4ccc(N5CCCCCCC5=O)cc43)[C@H]2C)cc1. The Bertz CT molecular complexity index is 1990. The number of anilines is 3. The fraction of sp³-hybridized carbons (Fsp3) is 0.400. The first kappa shape index (κ1) is 38.5. The van der Waals surface area contributed by atoms with Crippen LogP contribution in [0.4, 0.5) is 17.1 Å². The lowest BCUT2D eigenvalue weighted by Gasteiger charge is -2.37. The molecule has 0 radical (unpaired) electrons. The normalized spacial score (nSPS) is 22.7. The van der Waals surface area contributed by atoms with Gasteiger partial charge >= 0.3 is 0 Å². The maximum atomic E-state index is 15.4. The zero-order valence-corrected chi connectivity index (χ0v) is 33.4. The van der Waals surface area contributed by atoms with Crippen molar-refractivity contribution in [1.82, 2.24) is 4.90 Å². The fourth-order valence-corrected chi connectivity index (χ4v) is 13.4. The molecule has 3 amide bonds. The lowest BCUT2D eigenvalue weighted by Crippen LogP contribution is -2.52. The van der Waals surface area contributed by atoms with Crippen molar-refractivity contribution in [2.45, 2.75) is 82.3 Å². The predicted octanol–water partition coefficient (Wildman–Crippen LogP) is 7.30. The molecule has 3 aliphatic rings. The number of para-hydroxylation sites is 1. The summed E-state index contributed by atoms with van der Waals surface area (Å²) in [5, 5.41) is 11.2. The van der Waals surface area contributed by atoms with Gasteiger partial charge in [0.2, 0.25) is 11.8 Å². The second-order valence-electron chi connectivity index (χ2n) is 15.8. The van der Waals surface area contributed by atoms with E-state index in [0.29, 0.717) is 19.5 Å². The van der Waals surface area contributed by atoms with E-state index < -0.39 is 19.8 Å². The third-order valence-electron chi connectivity index (χ3n) is 12.2. The minimum atomic E-state index is -2.55. The summed E-state index contributed by atoms with van der Waals surface area (Å²) < 4.78 is 12.9. The molecule has 1 spiro atoms. The lowest BCUT2D eigenvalue weighted by atomic mass is 9.82. The number of benzene rings is 4. The van der Waals surface area contributed by atoms with Gasteiger partial charge < -0.3 is 24.4 Å². The molecule has 7 rings (SSSR count). The van der Waals surface area contributed by atoms with Gasteiger partial charge in [-0.05, 0) is 66.4 Å². The number of aliphatic hydroxyl groups excluding tert-OH is 1. The molecule has 0 aliphatic carbocycles. The van der Waals surface area contributed by atoms with Crippen molar-refractivity contribution in [2.24, 2.45) is 5.92 Å². The number of hydrogen-bond acceptors (Lipinski definition) is 6. The van der Waals surface area contributed by atoms with Crippen LogP contribution in [-0.2, 0) is 31.3 Å². The van der Waals surface area contributed by atoms with Crippen molar-refractivity contribution in [3.63, 3.8) is 0 Å². The average molecular weight is 760 g/mol. The molecule has 0 unspecified atom stereocenters. The van der Waals surface area contributed by atoms with Gasteiger partial charge in [0.25, 0.3) is 5.91 Å². The Morgan fingerprint density at radius 1 is 0.909 bits per heavy atom. The van der Waals surface area contributed by atoms with Crippen LogP contribution in [0.25, 0.3) is 0 Å². The fourth-order valence-electron chi connectivity index (χ4n) is 9.38. The van der Waals surface area contributed by atoms with Crippen LogP contribution in [0.2, 0.25) is 18.6 Å². The molecule has 0 aromatic heterocycles. The second kappa shape index (κ2) is 16.1. The molecule has 0 saturated carbocycles. The largest absolute Gasteiger partial charge is 0.497 e. The molecule has 288 valence electrons. The van der Waals surface area contributed by atoms with Crippen LogP contribution in [-0.4, -0.2) is 68.7 Å². The Hall–Kier alpha value is -4.77. The molecule has 55 heavy (non-hydrogen) atoms. The number of amides is 3. The summed E-state index contributed by atoms with van der Waals surface area (Å²) in [6.45, 7) is 7.71. The van der Waals surface area contributed by atoms with E-state index in [1.165, 1.54) is 5.19 Å². The zero-order valence-electron chi connectivity index (χ0n) is 32.4. The molecular formula is C45H53N3O6Si. The van der Waals surface area contributed by atoms with Crippen molar-refractivity contribution in [1.29, 1.82) is 0 Å². The summed E-state index contributed by atoms with van der Waals surface area (Å²) >= 11 is 0. The van der Waals surface area contributed by atoms with E-state index in [0.717, 1.165) is 59.6 Å². The van der Waals surface area contributed by atoms with Gasteiger partial charge in [-0.15, -0.1) is 0 Å². The molecule has 4 atom stereocenters. The topological polar surface area (TPSA) is 99.6 Å². The van der Waals surface area contributed by atoms with Crippen LogP contribution >= 0.6 is 0 Å². The van der Waals surface area contributed by atoms with Crippen LogP contribution in [0.1, 0.15) is 56.6 Å². The second-order valence-corrected chi connectivity index (χ2v) is 20.5. The maximum absolute atomic E-state index is 15.4. The number of rotatable bonds is 11. The van der Waals surface area contributed by atoms with E-state index in [1.807, 2.05) is 95.9 Å². The molecule has 2 saturated heterocycles. The Labute approximate surface area is 325 Å². The molecule has 9 nitrogen and oxygen atoms in total. The number of carbonyl (C=O) groups is 3. The summed E-state index contributed by atoms with van der Waals surface area (Å²) in [5.74, 6) is 0.191. The van der Waals surface area contributed by atoms with Gasteiger partial charge in [-0.25, -0.2) is 0 Å². The van der Waals surface area contributed by atoms with Gasteiger partial charge in [0.15, 0.2) is 5.60 Å². The molecule has 2 fully saturated rings. The number of ether oxygens (including phenoxy) is 2. The maximum Gasteiger partial charge on any atom is 0.268 e. The highest BCUT2D eigenvalue weighted by atomic mass is 28.3. The molecule has 0 bridgehead atoms. The van der Waals surface area contributed by atoms with Gasteiger partial charge in [-0.2, -0.15) is 0 Å². The van der Waals surface area contributed by atoms with Crippen molar-refractivity contribution < 1.29 is 29.0 Å². The van der Waals surface area contributed by atoms with Crippen molar-refractivity contribution in [2.75, 3.05) is 36.6 Å². The van der Waals surface area contributed by atoms with E-state index in [-0.39, 0.29) is 48.8 Å². The van der Waals surface area contributed by atoms with Gasteiger partial charge in [0, 0.05) is 48.9 Å². The molecule has 4 aromatic rings. The highest BCUT2D eigenvalue weighted by molar-refractivity contribution is 6.91. The average Bonchev–Trinajstić information content (AvgIpc) is 3.62. The zero-order chi connectivity index (χ0) is 38.7. The van der Waals surface area contributed by atoms with Crippen LogP contribution in [0.15, 0.2) is 103 Å². The number of carbonyl (C=O) groups excluding carboxylic acids is 3. The third-order valence-corrected chi connectivity index (χ3v) is 16.6. The molecule has 1 N–H and O–H groups in total. The number of aliphatic hydroxyl groups is 1. The Morgan fingerprint density at radius 3 is 2.29 bits per heavy atom. The van der Waals surface area contributed by atoms with E-state index in [2.05, 4.69) is 32.2 Å². The summed E-state index contributed by atoms with van der Waals surface area (Å²) in [4.78, 5) is 48.8. The van der Waals surface area contributed by atoms with Crippen LogP contribution in [0.5, 0.6) is 5.75 Å². The molecule has 3 heterocycles. The summed E-state index contributed by atoms with van der Waals surface area (Å²) in [6, 6.07) is 33.5. The minimum Gasteiger partial charge on any atom is -0.497 e. The minimum absolute atomic E-state index is 0.0500. The number of fused-ring (bicyclic) bond motifs is 2. The Morgan fingerprint density at radius 2 is 1.60 bits per heavy atom. The van der Waals surface area contributed by atoms with E-state index >= 15 is 4.79 Å². The molecule has 10 heteroatoms. The van der Waals surface area contributed by atoms with E-state index in [1.54, 1.807) is 16.9 Å². The van der Waals surface area contributed by atoms with Gasteiger partial charge in [-0.3, -0.25) is 19.3 Å². The highest BCUT2D eigenvalue weighted by Crippen LogP contribution is 2.61. The number of hydrogen-bond donors (Lipinski definition) is 1. The van der Waals surface area contributed by atoms with Crippen LogP contribution in [0, 0.1) is 5.92 Å². The first-order valence-electron chi connectivity index (χ1n) is 19.7. The molecular weight excluding hydrogens is 707 g/mol. The van der Waals surface area contributed by atoms with Gasteiger partial charge in [0.05, 0.1) is 40.0 Å².